The van der Waals surface area contributed by atoms with Crippen molar-refractivity contribution in [2.75, 3.05) is 6.61 Å². The van der Waals surface area contributed by atoms with E-state index in [1.54, 1.807) is 11.8 Å². The smallest absolute Gasteiger partial charge is 0.261 e. The molecule has 0 bridgehead atoms. The third-order valence-corrected chi connectivity index (χ3v) is 5.88. The van der Waals surface area contributed by atoms with Crippen LogP contribution in [-0.4, -0.2) is 34.9 Å². The van der Waals surface area contributed by atoms with Gasteiger partial charge in [-0.3, -0.25) is 9.59 Å². The van der Waals surface area contributed by atoms with Gasteiger partial charge in [-0.1, -0.05) is 46.3 Å². The predicted octanol–water partition coefficient (Wildman–Crippen LogP) is 4.78. The Hall–Kier alpha value is -2.34. The maximum absolute atomic E-state index is 13.1. The Morgan fingerprint density at radius 3 is 2.20 bits per heavy atom. The van der Waals surface area contributed by atoms with Crippen molar-refractivity contribution in [1.82, 2.24) is 10.2 Å². The number of carbonyl (C=O) groups is 2. The molecule has 1 N–H and O–H groups in total. The number of ether oxygens (including phenoxy) is 1. The van der Waals surface area contributed by atoms with Crippen LogP contribution in [-0.2, 0) is 16.1 Å². The fourth-order valence-electron chi connectivity index (χ4n) is 3.05. The maximum atomic E-state index is 13.1. The van der Waals surface area contributed by atoms with Gasteiger partial charge in [-0.15, -0.1) is 0 Å². The molecule has 0 aliphatic rings. The van der Waals surface area contributed by atoms with E-state index in [0.717, 1.165) is 21.2 Å². The highest BCUT2D eigenvalue weighted by Gasteiger charge is 2.28. The SMILES string of the molecule is Cc1cc(OCC(=O)N(Cc2ccccc2)C(C)C(=O)NC(C)(C)C)cc(C)c1Br. The molecule has 30 heavy (non-hydrogen) atoms. The van der Waals surface area contributed by atoms with Gasteiger partial charge in [0.15, 0.2) is 6.61 Å². The average molecular weight is 475 g/mol. The van der Waals surface area contributed by atoms with Crippen LogP contribution >= 0.6 is 15.9 Å². The lowest BCUT2D eigenvalue weighted by atomic mass is 10.1. The first-order valence-corrected chi connectivity index (χ1v) is 10.8. The number of halogens is 1. The first-order chi connectivity index (χ1) is 14.0. The summed E-state index contributed by atoms with van der Waals surface area (Å²) in [7, 11) is 0. The minimum Gasteiger partial charge on any atom is -0.484 e. The zero-order chi connectivity index (χ0) is 22.5. The molecule has 0 saturated heterocycles. The van der Waals surface area contributed by atoms with Crippen molar-refractivity contribution in [3.05, 3.63) is 63.6 Å². The van der Waals surface area contributed by atoms with Crippen LogP contribution in [0.1, 0.15) is 44.4 Å². The molecular weight excluding hydrogens is 444 g/mol. The Morgan fingerprint density at radius 2 is 1.67 bits per heavy atom. The maximum Gasteiger partial charge on any atom is 0.261 e. The standard InChI is InChI=1S/C24H31BrN2O3/c1-16-12-20(13-17(2)22(16)25)30-15-21(28)27(14-19-10-8-7-9-11-19)18(3)23(29)26-24(4,5)6/h7-13,18H,14-15H2,1-6H3,(H,26,29). The molecular formula is C24H31BrN2O3. The number of hydrogen-bond acceptors (Lipinski definition) is 3. The van der Waals surface area contributed by atoms with E-state index >= 15 is 0 Å². The molecule has 2 amide bonds. The van der Waals surface area contributed by atoms with E-state index in [4.69, 9.17) is 4.74 Å². The van der Waals surface area contributed by atoms with E-state index in [-0.39, 0.29) is 24.0 Å². The number of carbonyl (C=O) groups excluding carboxylic acids is 2. The van der Waals surface area contributed by atoms with Crippen LogP contribution in [0.25, 0.3) is 0 Å². The number of nitrogens with zero attached hydrogens (tertiary/aromatic N) is 1. The molecule has 0 fully saturated rings. The van der Waals surface area contributed by atoms with Gasteiger partial charge in [-0.2, -0.15) is 0 Å². The Balaban J connectivity index is 2.18. The van der Waals surface area contributed by atoms with Gasteiger partial charge in [0.2, 0.25) is 5.91 Å². The summed E-state index contributed by atoms with van der Waals surface area (Å²) in [6, 6.07) is 12.8. The minimum atomic E-state index is -0.631. The summed E-state index contributed by atoms with van der Waals surface area (Å²) >= 11 is 3.54. The molecule has 6 heteroatoms. The Bertz CT molecular complexity index is 868. The summed E-state index contributed by atoms with van der Waals surface area (Å²) in [6.45, 7) is 11.7. The zero-order valence-electron chi connectivity index (χ0n) is 18.6. The molecule has 2 rings (SSSR count). The number of benzene rings is 2. The third kappa shape index (κ3) is 6.87. The fourth-order valence-corrected chi connectivity index (χ4v) is 3.28. The van der Waals surface area contributed by atoms with Crippen molar-refractivity contribution < 1.29 is 14.3 Å². The molecule has 0 spiro atoms. The first-order valence-electron chi connectivity index (χ1n) is 10.0. The largest absolute Gasteiger partial charge is 0.484 e. The van der Waals surface area contributed by atoms with Gasteiger partial charge in [0.1, 0.15) is 11.8 Å². The number of rotatable bonds is 7. The molecule has 5 nitrogen and oxygen atoms in total. The third-order valence-electron chi connectivity index (χ3n) is 4.63. The van der Waals surface area contributed by atoms with Crippen LogP contribution in [0, 0.1) is 13.8 Å². The van der Waals surface area contributed by atoms with Crippen LogP contribution in [0.3, 0.4) is 0 Å². The minimum absolute atomic E-state index is 0.138. The van der Waals surface area contributed by atoms with Crippen molar-refractivity contribution in [3.63, 3.8) is 0 Å². The van der Waals surface area contributed by atoms with Gasteiger partial charge >= 0.3 is 0 Å². The summed E-state index contributed by atoms with van der Waals surface area (Å²) in [5.74, 6) is 0.198. The highest BCUT2D eigenvalue weighted by Crippen LogP contribution is 2.26. The summed E-state index contributed by atoms with van der Waals surface area (Å²) in [4.78, 5) is 27.4. The monoisotopic (exact) mass is 474 g/mol. The lowest BCUT2D eigenvalue weighted by molar-refractivity contribution is -0.142. The van der Waals surface area contributed by atoms with Gasteiger partial charge in [-0.05, 0) is 70.4 Å². The zero-order valence-corrected chi connectivity index (χ0v) is 20.2. The molecule has 0 radical (unpaired) electrons. The van der Waals surface area contributed by atoms with E-state index in [2.05, 4.69) is 21.2 Å². The van der Waals surface area contributed by atoms with Crippen molar-refractivity contribution in [2.24, 2.45) is 0 Å². The van der Waals surface area contributed by atoms with Gasteiger partial charge in [-0.25, -0.2) is 0 Å². The van der Waals surface area contributed by atoms with Gasteiger partial charge < -0.3 is 15.0 Å². The van der Waals surface area contributed by atoms with Crippen LogP contribution in [0.4, 0.5) is 0 Å². The number of nitrogens with one attached hydrogen (secondary N) is 1. The lowest BCUT2D eigenvalue weighted by Gasteiger charge is -2.31. The molecule has 0 aliphatic heterocycles. The molecule has 162 valence electrons. The second kappa shape index (κ2) is 10.1. The Morgan fingerprint density at radius 1 is 1.10 bits per heavy atom. The van der Waals surface area contributed by atoms with Gasteiger partial charge in [0, 0.05) is 16.6 Å². The quantitative estimate of drug-likeness (QED) is 0.628. The molecule has 2 aromatic carbocycles. The first kappa shape index (κ1) is 23.9. The van der Waals surface area contributed by atoms with Gasteiger partial charge in [0.25, 0.3) is 5.91 Å². The second-order valence-corrected chi connectivity index (χ2v) is 9.38. The van der Waals surface area contributed by atoms with Crippen LogP contribution in [0.15, 0.2) is 46.9 Å². The van der Waals surface area contributed by atoms with Crippen molar-refractivity contribution in [3.8, 4) is 5.75 Å². The van der Waals surface area contributed by atoms with E-state index < -0.39 is 6.04 Å². The van der Waals surface area contributed by atoms with Gasteiger partial charge in [0.05, 0.1) is 0 Å². The molecule has 1 unspecified atom stereocenters. The Kier molecular flexibility index (Phi) is 8.07. The molecule has 1 atom stereocenters. The summed E-state index contributed by atoms with van der Waals surface area (Å²) < 4.78 is 6.82. The average Bonchev–Trinajstić information content (AvgIpc) is 2.67. The summed E-state index contributed by atoms with van der Waals surface area (Å²) in [5, 5.41) is 2.96. The van der Waals surface area contributed by atoms with Crippen molar-refractivity contribution >= 4 is 27.7 Å². The lowest BCUT2D eigenvalue weighted by Crippen LogP contribution is -2.53. The molecule has 0 saturated carbocycles. The highest BCUT2D eigenvalue weighted by molar-refractivity contribution is 9.10. The van der Waals surface area contributed by atoms with Crippen LogP contribution in [0.5, 0.6) is 5.75 Å². The van der Waals surface area contributed by atoms with Crippen molar-refractivity contribution in [1.29, 1.82) is 0 Å². The summed E-state index contributed by atoms with van der Waals surface area (Å²) in [5.41, 5.74) is 2.65. The van der Waals surface area contributed by atoms with E-state index in [9.17, 15) is 9.59 Å². The summed E-state index contributed by atoms with van der Waals surface area (Å²) in [6.07, 6.45) is 0. The predicted molar refractivity (Wildman–Crippen MR) is 123 cm³/mol. The van der Waals surface area contributed by atoms with Crippen molar-refractivity contribution in [2.45, 2.75) is 59.7 Å². The molecule has 0 aliphatic carbocycles. The fraction of sp³-hybridized carbons (Fsp3) is 0.417. The van der Waals surface area contributed by atoms with E-state index in [1.165, 1.54) is 0 Å². The Labute approximate surface area is 187 Å². The number of aryl methyl sites for hydroxylation is 2. The topological polar surface area (TPSA) is 58.6 Å². The van der Waals surface area contributed by atoms with Crippen LogP contribution in [0.2, 0.25) is 0 Å². The van der Waals surface area contributed by atoms with E-state index in [1.807, 2.05) is 77.1 Å². The second-order valence-electron chi connectivity index (χ2n) is 8.58. The number of amides is 2. The highest BCUT2D eigenvalue weighted by atomic mass is 79.9. The molecule has 2 aromatic rings. The normalized spacial score (nSPS) is 12.2. The molecule has 0 heterocycles. The van der Waals surface area contributed by atoms with Crippen LogP contribution < -0.4 is 10.1 Å². The number of hydrogen-bond donors (Lipinski definition) is 1. The van der Waals surface area contributed by atoms with E-state index in [0.29, 0.717) is 12.3 Å². The molecule has 0 aromatic heterocycles.